The molecule has 154 valence electrons. The lowest BCUT2D eigenvalue weighted by molar-refractivity contribution is -0.137. The molecule has 1 unspecified atom stereocenters. The second-order valence-corrected chi connectivity index (χ2v) is 7.86. The molecule has 1 heterocycles. The van der Waals surface area contributed by atoms with E-state index in [1.54, 1.807) is 6.07 Å². The van der Waals surface area contributed by atoms with Crippen molar-refractivity contribution in [3.63, 3.8) is 0 Å². The number of nitrogens with zero attached hydrogens (tertiary/aromatic N) is 3. The van der Waals surface area contributed by atoms with Gasteiger partial charge in [-0.25, -0.2) is 0 Å². The van der Waals surface area contributed by atoms with Crippen molar-refractivity contribution in [2.75, 3.05) is 0 Å². The molecule has 0 N–H and O–H groups in total. The maximum absolute atomic E-state index is 12.9. The van der Waals surface area contributed by atoms with E-state index in [2.05, 4.69) is 16.3 Å². The molecule has 0 saturated carbocycles. The van der Waals surface area contributed by atoms with Crippen LogP contribution in [0.25, 0.3) is 0 Å². The molecule has 8 heteroatoms. The predicted molar refractivity (Wildman–Crippen MR) is 107 cm³/mol. The van der Waals surface area contributed by atoms with Gasteiger partial charge in [0.1, 0.15) is 5.75 Å². The average molecular weight is 421 g/mol. The van der Waals surface area contributed by atoms with E-state index in [1.807, 2.05) is 44.5 Å². The van der Waals surface area contributed by atoms with Gasteiger partial charge in [-0.15, -0.1) is 10.2 Å². The number of alkyl halides is 3. The summed E-state index contributed by atoms with van der Waals surface area (Å²) < 4.78 is 46.5. The Morgan fingerprint density at radius 2 is 1.86 bits per heavy atom. The quantitative estimate of drug-likeness (QED) is 0.466. The highest BCUT2D eigenvalue weighted by molar-refractivity contribution is 7.98. The summed E-state index contributed by atoms with van der Waals surface area (Å²) >= 11 is 1.34. The molecule has 0 bridgehead atoms. The largest absolute Gasteiger partial charge is 0.482 e. The second-order valence-electron chi connectivity index (χ2n) is 6.92. The zero-order chi connectivity index (χ0) is 21.2. The molecule has 0 spiro atoms. The van der Waals surface area contributed by atoms with Crippen LogP contribution < -0.4 is 4.74 Å². The number of ether oxygens (including phenoxy) is 1. The highest BCUT2D eigenvalue weighted by Gasteiger charge is 2.30. The summed E-state index contributed by atoms with van der Waals surface area (Å²) in [6.45, 7) is 5.91. The number of thioether (sulfide) groups is 1. The first-order valence-corrected chi connectivity index (χ1v) is 10.1. The third-order valence-corrected chi connectivity index (χ3v) is 5.58. The van der Waals surface area contributed by atoms with Crippen molar-refractivity contribution in [3.05, 3.63) is 70.5 Å². The first-order valence-electron chi connectivity index (χ1n) is 9.07. The molecule has 1 atom stereocenters. The van der Waals surface area contributed by atoms with E-state index in [0.717, 1.165) is 29.0 Å². The van der Waals surface area contributed by atoms with Crippen LogP contribution in [0.2, 0.25) is 0 Å². The zero-order valence-electron chi connectivity index (χ0n) is 16.6. The fourth-order valence-corrected chi connectivity index (χ4v) is 3.83. The molecule has 0 radical (unpaired) electrons. The summed E-state index contributed by atoms with van der Waals surface area (Å²) in [5.74, 6) is 1.79. The molecule has 2 aromatic carbocycles. The average Bonchev–Trinajstić information content (AvgIpc) is 3.02. The van der Waals surface area contributed by atoms with Crippen molar-refractivity contribution >= 4 is 11.8 Å². The van der Waals surface area contributed by atoms with E-state index in [-0.39, 0.29) is 6.10 Å². The minimum atomic E-state index is -4.35. The first kappa shape index (κ1) is 21.2. The van der Waals surface area contributed by atoms with Gasteiger partial charge < -0.3 is 9.30 Å². The van der Waals surface area contributed by atoms with Crippen molar-refractivity contribution in [2.45, 2.75) is 44.0 Å². The molecule has 0 aliphatic carbocycles. The van der Waals surface area contributed by atoms with E-state index in [4.69, 9.17) is 4.74 Å². The molecule has 3 aromatic rings. The smallest absolute Gasteiger partial charge is 0.416 e. The Morgan fingerprint density at radius 3 is 2.55 bits per heavy atom. The maximum Gasteiger partial charge on any atom is 0.416 e. The van der Waals surface area contributed by atoms with Crippen LogP contribution in [0.1, 0.15) is 41.1 Å². The lowest BCUT2D eigenvalue weighted by Gasteiger charge is -2.16. The topological polar surface area (TPSA) is 39.9 Å². The number of hydrogen-bond acceptors (Lipinski definition) is 4. The summed E-state index contributed by atoms with van der Waals surface area (Å²) in [4.78, 5) is 0. The van der Waals surface area contributed by atoms with Crippen molar-refractivity contribution in [1.29, 1.82) is 0 Å². The third kappa shape index (κ3) is 5.12. The molecule has 0 fully saturated rings. The van der Waals surface area contributed by atoms with E-state index in [1.165, 1.54) is 17.8 Å². The highest BCUT2D eigenvalue weighted by Crippen LogP contribution is 2.31. The lowest BCUT2D eigenvalue weighted by Crippen LogP contribution is -2.10. The Bertz CT molecular complexity index is 1000. The van der Waals surface area contributed by atoms with E-state index < -0.39 is 11.7 Å². The summed E-state index contributed by atoms with van der Waals surface area (Å²) in [5, 5.41) is 9.01. The Hall–Kier alpha value is -2.48. The molecule has 0 amide bonds. The standard InChI is InChI=1S/C21H22F3N3OS/c1-13-8-9-18(14(2)10-13)28-15(3)19-25-26-20(27(19)4)29-12-16-6-5-7-17(11-16)21(22,23)24/h5-11,15H,12H2,1-4H3. The van der Waals surface area contributed by atoms with Crippen LogP contribution in [-0.4, -0.2) is 14.8 Å². The second kappa shape index (κ2) is 8.49. The van der Waals surface area contributed by atoms with Gasteiger partial charge in [0.2, 0.25) is 0 Å². The van der Waals surface area contributed by atoms with E-state index >= 15 is 0 Å². The number of halogens is 3. The minimum Gasteiger partial charge on any atom is -0.482 e. The first-order chi connectivity index (χ1) is 13.6. The molecule has 4 nitrogen and oxygen atoms in total. The maximum atomic E-state index is 12.9. The summed E-state index contributed by atoms with van der Waals surface area (Å²) in [5.41, 5.74) is 2.13. The number of hydrogen-bond donors (Lipinski definition) is 0. The lowest BCUT2D eigenvalue weighted by atomic mass is 10.1. The number of rotatable bonds is 6. The monoisotopic (exact) mass is 421 g/mol. The van der Waals surface area contributed by atoms with Crippen molar-refractivity contribution < 1.29 is 17.9 Å². The predicted octanol–water partition coefficient (Wildman–Crippen LogP) is 5.88. The van der Waals surface area contributed by atoms with Gasteiger partial charge in [-0.2, -0.15) is 13.2 Å². The van der Waals surface area contributed by atoms with Crippen molar-refractivity contribution in [2.24, 2.45) is 7.05 Å². The van der Waals surface area contributed by atoms with Crippen LogP contribution in [0.15, 0.2) is 47.6 Å². The zero-order valence-corrected chi connectivity index (χ0v) is 17.4. The minimum absolute atomic E-state index is 0.322. The van der Waals surface area contributed by atoms with Gasteiger partial charge in [-0.05, 0) is 44.0 Å². The van der Waals surface area contributed by atoms with Crippen LogP contribution in [-0.2, 0) is 19.0 Å². The Balaban J connectivity index is 1.69. The fraction of sp³-hybridized carbons (Fsp3) is 0.333. The highest BCUT2D eigenvalue weighted by atomic mass is 32.2. The van der Waals surface area contributed by atoms with Crippen LogP contribution in [0.5, 0.6) is 5.75 Å². The van der Waals surface area contributed by atoms with Crippen molar-refractivity contribution in [3.8, 4) is 5.75 Å². The molecule has 3 rings (SSSR count). The fourth-order valence-electron chi connectivity index (χ4n) is 2.97. The van der Waals surface area contributed by atoms with Crippen molar-refractivity contribution in [1.82, 2.24) is 14.8 Å². The number of aryl methyl sites for hydroxylation is 2. The van der Waals surface area contributed by atoms with Gasteiger partial charge in [0.15, 0.2) is 17.1 Å². The van der Waals surface area contributed by atoms with Gasteiger partial charge in [0.25, 0.3) is 0 Å². The molecule has 0 aliphatic rings. The van der Waals surface area contributed by atoms with Crippen LogP contribution in [0.4, 0.5) is 13.2 Å². The molecule has 0 aliphatic heterocycles. The molecule has 29 heavy (non-hydrogen) atoms. The van der Waals surface area contributed by atoms with E-state index in [9.17, 15) is 13.2 Å². The normalized spacial score (nSPS) is 12.8. The number of benzene rings is 2. The summed E-state index contributed by atoms with van der Waals surface area (Å²) in [6, 6.07) is 11.3. The molecule has 1 aromatic heterocycles. The van der Waals surface area contributed by atoms with Gasteiger partial charge in [-0.1, -0.05) is 47.7 Å². The van der Waals surface area contributed by atoms with E-state index in [0.29, 0.717) is 22.3 Å². The third-order valence-electron chi connectivity index (χ3n) is 4.49. The summed E-state index contributed by atoms with van der Waals surface area (Å²) in [6.07, 6.45) is -4.67. The number of aromatic nitrogens is 3. The Morgan fingerprint density at radius 1 is 1.10 bits per heavy atom. The van der Waals surface area contributed by atoms with Gasteiger partial charge >= 0.3 is 6.18 Å². The van der Waals surface area contributed by atoms with Gasteiger partial charge in [0.05, 0.1) is 5.56 Å². The van der Waals surface area contributed by atoms with Crippen LogP contribution in [0, 0.1) is 13.8 Å². The van der Waals surface area contributed by atoms with Crippen LogP contribution in [0.3, 0.4) is 0 Å². The molecular formula is C21H22F3N3OS. The van der Waals surface area contributed by atoms with Crippen LogP contribution >= 0.6 is 11.8 Å². The molecular weight excluding hydrogens is 399 g/mol. The Labute approximate surface area is 172 Å². The van der Waals surface area contributed by atoms with Gasteiger partial charge in [-0.3, -0.25) is 0 Å². The molecule has 0 saturated heterocycles. The summed E-state index contributed by atoms with van der Waals surface area (Å²) in [7, 11) is 1.83. The SMILES string of the molecule is Cc1ccc(OC(C)c2nnc(SCc3cccc(C(F)(F)F)c3)n2C)c(C)c1. The van der Waals surface area contributed by atoms with Gasteiger partial charge in [0, 0.05) is 12.8 Å². The Kier molecular flexibility index (Phi) is 6.21.